The van der Waals surface area contributed by atoms with E-state index in [-0.39, 0.29) is 38.3 Å². The van der Waals surface area contributed by atoms with Crippen LogP contribution in [0.3, 0.4) is 0 Å². The zero-order valence-electron chi connectivity index (χ0n) is 16.9. The fraction of sp³-hybridized carbons (Fsp3) is 0.333. The summed E-state index contributed by atoms with van der Waals surface area (Å²) in [5.74, 6) is -1.85. The van der Waals surface area contributed by atoms with Gasteiger partial charge in [-0.1, -0.05) is 52.3 Å². The summed E-state index contributed by atoms with van der Waals surface area (Å²) < 4.78 is 30.2. The zero-order chi connectivity index (χ0) is 21.6. The average Bonchev–Trinajstić information content (AvgIpc) is 3.34. The van der Waals surface area contributed by atoms with Gasteiger partial charge in [0.25, 0.3) is 5.92 Å². The maximum atomic E-state index is 13.5. The Hall–Kier alpha value is -2.54. The van der Waals surface area contributed by atoms with E-state index in [4.69, 9.17) is 0 Å². The molecule has 0 saturated carbocycles. The molecule has 2 aliphatic rings. The van der Waals surface area contributed by atoms with E-state index in [2.05, 4.69) is 49.7 Å². The first-order chi connectivity index (χ1) is 14.9. The van der Waals surface area contributed by atoms with Crippen molar-refractivity contribution in [1.29, 1.82) is 0 Å². The van der Waals surface area contributed by atoms with E-state index in [1.807, 2.05) is 30.5 Å². The summed E-state index contributed by atoms with van der Waals surface area (Å²) >= 11 is 3.51. The first-order valence-corrected chi connectivity index (χ1v) is 11.3. The van der Waals surface area contributed by atoms with Crippen LogP contribution in [0.15, 0.2) is 65.4 Å². The van der Waals surface area contributed by atoms with Gasteiger partial charge in [-0.15, -0.1) is 0 Å². The van der Waals surface area contributed by atoms with E-state index >= 15 is 0 Å². The number of likely N-dealkylation sites (tertiary alicyclic amines) is 1. The molecule has 1 unspecified atom stereocenters. The Morgan fingerprint density at radius 1 is 1.06 bits per heavy atom. The predicted molar refractivity (Wildman–Crippen MR) is 118 cm³/mol. The molecule has 1 amide bonds. The molecule has 160 valence electrons. The highest BCUT2D eigenvalue weighted by molar-refractivity contribution is 9.10. The van der Waals surface area contributed by atoms with Crippen molar-refractivity contribution < 1.29 is 13.6 Å². The summed E-state index contributed by atoms with van der Waals surface area (Å²) in [7, 11) is 0. The van der Waals surface area contributed by atoms with Gasteiger partial charge in [-0.25, -0.2) is 13.8 Å². The first-order valence-electron chi connectivity index (χ1n) is 10.5. The van der Waals surface area contributed by atoms with Gasteiger partial charge in [-0.2, -0.15) is 0 Å². The monoisotopic (exact) mass is 485 g/mol. The zero-order valence-corrected chi connectivity index (χ0v) is 18.5. The number of alkyl halides is 2. The summed E-state index contributed by atoms with van der Waals surface area (Å²) in [6.45, 7) is 0.230. The lowest BCUT2D eigenvalue weighted by molar-refractivity contribution is -0.137. The van der Waals surface area contributed by atoms with Crippen molar-refractivity contribution in [2.45, 2.75) is 37.1 Å². The fourth-order valence-corrected chi connectivity index (χ4v) is 5.19. The summed E-state index contributed by atoms with van der Waals surface area (Å²) in [6.07, 6.45) is 4.03. The molecule has 7 heteroatoms. The van der Waals surface area contributed by atoms with E-state index in [9.17, 15) is 13.6 Å². The number of benzene rings is 2. The number of hydrogen-bond acceptors (Lipinski definition) is 2. The highest BCUT2D eigenvalue weighted by Crippen LogP contribution is 2.49. The van der Waals surface area contributed by atoms with Gasteiger partial charge in [-0.3, -0.25) is 4.79 Å². The van der Waals surface area contributed by atoms with E-state index in [1.165, 1.54) is 0 Å². The van der Waals surface area contributed by atoms with Crippen LogP contribution >= 0.6 is 15.9 Å². The first kappa shape index (κ1) is 20.4. The van der Waals surface area contributed by atoms with Crippen molar-refractivity contribution in [3.63, 3.8) is 0 Å². The van der Waals surface area contributed by atoms with Gasteiger partial charge in [-0.05, 0) is 29.7 Å². The maximum Gasteiger partial charge on any atom is 0.251 e. The lowest BCUT2D eigenvalue weighted by atomic mass is 9.79. The quantitative estimate of drug-likeness (QED) is 0.492. The molecule has 1 saturated heterocycles. The number of fused-ring (bicyclic) bond motifs is 3. The minimum absolute atomic E-state index is 0.0713. The van der Waals surface area contributed by atoms with Gasteiger partial charge >= 0.3 is 0 Å². The van der Waals surface area contributed by atoms with E-state index in [1.54, 1.807) is 11.1 Å². The largest absolute Gasteiger partial charge is 0.342 e. The molecule has 0 radical (unpaired) electrons. The molecule has 1 fully saturated rings. The molecule has 0 spiro atoms. The van der Waals surface area contributed by atoms with Crippen molar-refractivity contribution in [3.05, 3.63) is 76.5 Å². The van der Waals surface area contributed by atoms with Crippen molar-refractivity contribution in [2.24, 2.45) is 0 Å². The molecule has 4 nitrogen and oxygen atoms in total. The lowest BCUT2D eigenvalue weighted by Gasteiger charge is -2.36. The Morgan fingerprint density at radius 3 is 2.52 bits per heavy atom. The van der Waals surface area contributed by atoms with Crippen molar-refractivity contribution in [3.8, 4) is 11.4 Å². The Balaban J connectivity index is 1.52. The number of halogens is 3. The predicted octanol–water partition coefficient (Wildman–Crippen LogP) is 5.46. The van der Waals surface area contributed by atoms with Crippen molar-refractivity contribution in [2.75, 3.05) is 13.1 Å². The highest BCUT2D eigenvalue weighted by atomic mass is 79.9. The third-order valence-corrected chi connectivity index (χ3v) is 7.06. The number of carbonyl (C=O) groups excluding carboxylic acids is 1. The minimum atomic E-state index is -2.66. The molecular weight excluding hydrogens is 464 g/mol. The van der Waals surface area contributed by atoms with Crippen LogP contribution in [-0.4, -0.2) is 39.4 Å². The number of nitrogens with zero attached hydrogens (tertiary/aromatic N) is 3. The Bertz CT molecular complexity index is 1120. The molecule has 0 aliphatic carbocycles. The topological polar surface area (TPSA) is 38.1 Å². The third kappa shape index (κ3) is 3.39. The number of imidazole rings is 1. The molecule has 3 aromatic rings. The molecule has 0 N–H and O–H groups in total. The fourth-order valence-electron chi connectivity index (χ4n) is 4.93. The van der Waals surface area contributed by atoms with Gasteiger partial charge in [0.1, 0.15) is 5.82 Å². The van der Waals surface area contributed by atoms with Crippen LogP contribution in [0.1, 0.15) is 36.8 Å². The van der Waals surface area contributed by atoms with Crippen LogP contribution in [0.25, 0.3) is 11.4 Å². The van der Waals surface area contributed by atoms with E-state index < -0.39 is 11.5 Å². The van der Waals surface area contributed by atoms with Gasteiger partial charge in [0.05, 0.1) is 5.54 Å². The van der Waals surface area contributed by atoms with Gasteiger partial charge in [0.15, 0.2) is 0 Å². The van der Waals surface area contributed by atoms with Gasteiger partial charge < -0.3 is 9.47 Å². The summed E-state index contributed by atoms with van der Waals surface area (Å²) in [5, 5.41) is 0. The molecular formula is C24H22BrF2N3O. The van der Waals surface area contributed by atoms with Crippen LogP contribution in [0.2, 0.25) is 0 Å². The van der Waals surface area contributed by atoms with Crippen LogP contribution in [0, 0.1) is 0 Å². The average molecular weight is 486 g/mol. The number of aromatic nitrogens is 2. The molecule has 0 bridgehead atoms. The van der Waals surface area contributed by atoms with Crippen molar-refractivity contribution in [1.82, 2.24) is 14.5 Å². The maximum absolute atomic E-state index is 13.5. The van der Waals surface area contributed by atoms with Crippen LogP contribution < -0.4 is 0 Å². The summed E-state index contributed by atoms with van der Waals surface area (Å²) in [5.41, 5.74) is 2.66. The number of hydrogen-bond donors (Lipinski definition) is 0. The normalized spacial score (nSPS) is 21.6. The second-order valence-corrected chi connectivity index (χ2v) is 9.19. The second kappa shape index (κ2) is 7.55. The van der Waals surface area contributed by atoms with Crippen molar-refractivity contribution >= 4 is 21.8 Å². The lowest BCUT2D eigenvalue weighted by Crippen LogP contribution is -2.43. The minimum Gasteiger partial charge on any atom is -0.342 e. The molecule has 3 heterocycles. The number of piperidine rings is 1. The van der Waals surface area contributed by atoms with Crippen LogP contribution in [-0.2, 0) is 10.3 Å². The van der Waals surface area contributed by atoms with Crippen LogP contribution in [0.5, 0.6) is 0 Å². The van der Waals surface area contributed by atoms with Crippen LogP contribution in [0.4, 0.5) is 8.78 Å². The molecule has 2 aromatic carbocycles. The Morgan fingerprint density at radius 2 is 1.77 bits per heavy atom. The smallest absolute Gasteiger partial charge is 0.251 e. The molecule has 31 heavy (non-hydrogen) atoms. The summed E-state index contributed by atoms with van der Waals surface area (Å²) in [6, 6.07) is 16.3. The van der Waals surface area contributed by atoms with E-state index in [0.717, 1.165) is 27.0 Å². The second-order valence-electron chi connectivity index (χ2n) is 8.27. The number of amides is 1. The summed E-state index contributed by atoms with van der Waals surface area (Å²) in [4.78, 5) is 19.2. The third-order valence-electron chi connectivity index (χ3n) is 6.54. The molecule has 1 atom stereocenters. The SMILES string of the molecule is O=C(CCC1(c2ccc(Br)cc2)c2ccccc2-c2nccn21)N1CCC(F)(F)CC1. The number of rotatable bonds is 4. The molecule has 2 aliphatic heterocycles. The Labute approximate surface area is 188 Å². The standard InChI is InChI=1S/C24H22BrF2N3O/c25-18-7-5-17(6-8-18)24(10-9-21(31)29-14-11-23(26,27)12-15-29)20-4-2-1-3-19(20)22-28-13-16-30(22)24/h1-8,13,16H,9-12,14-15H2. The molecule has 1 aromatic heterocycles. The highest BCUT2D eigenvalue weighted by Gasteiger charge is 2.45. The van der Waals surface area contributed by atoms with Gasteiger partial charge in [0.2, 0.25) is 5.91 Å². The van der Waals surface area contributed by atoms with E-state index in [0.29, 0.717) is 6.42 Å². The molecule has 5 rings (SSSR count). The number of carbonyl (C=O) groups is 1. The Kier molecular flexibility index (Phi) is 4.96. The van der Waals surface area contributed by atoms with Gasteiger partial charge in [0, 0.05) is 54.8 Å².